The summed E-state index contributed by atoms with van der Waals surface area (Å²) in [6.07, 6.45) is 2.15. The van der Waals surface area contributed by atoms with Gasteiger partial charge in [-0.2, -0.15) is 5.26 Å². The average Bonchev–Trinajstić information content (AvgIpc) is 3.31. The van der Waals surface area contributed by atoms with Crippen LogP contribution < -0.4 is 10.5 Å². The Labute approximate surface area is 184 Å². The molecule has 0 fully saturated rings. The number of hydrogen-bond donors (Lipinski definition) is 1. The van der Waals surface area contributed by atoms with Crippen LogP contribution in [-0.4, -0.2) is 8.96 Å². The van der Waals surface area contributed by atoms with Crippen molar-refractivity contribution in [1.82, 2.24) is 8.96 Å². The number of anilines is 1. The first-order chi connectivity index (χ1) is 14.0. The fourth-order valence-corrected chi connectivity index (χ4v) is 4.90. The second-order valence-electron chi connectivity index (χ2n) is 6.02. The van der Waals surface area contributed by atoms with E-state index in [2.05, 4.69) is 26.2 Å². The maximum atomic E-state index is 15.1. The highest BCUT2D eigenvalue weighted by Crippen LogP contribution is 2.38. The lowest BCUT2D eigenvalue weighted by Gasteiger charge is -2.14. The number of rotatable bonds is 5. The first-order valence-electron chi connectivity index (χ1n) is 8.19. The van der Waals surface area contributed by atoms with Crippen molar-refractivity contribution in [3.8, 4) is 17.6 Å². The second-order valence-corrected chi connectivity index (χ2v) is 8.62. The number of aromatic nitrogens is 2. The van der Waals surface area contributed by atoms with E-state index in [1.54, 1.807) is 6.07 Å². The molecule has 2 N–H and O–H groups in total. The van der Waals surface area contributed by atoms with Crippen LogP contribution in [0.1, 0.15) is 16.8 Å². The first kappa shape index (κ1) is 19.9. The summed E-state index contributed by atoms with van der Waals surface area (Å²) in [5, 5.41) is 12.1. The second kappa shape index (κ2) is 8.17. The quantitative estimate of drug-likeness (QED) is 0.312. The highest BCUT2D eigenvalue weighted by atomic mass is 127. The molecule has 0 atom stereocenters. The smallest absolute Gasteiger partial charge is 0.180 e. The van der Waals surface area contributed by atoms with Crippen molar-refractivity contribution >= 4 is 57.7 Å². The molecule has 0 spiro atoms. The van der Waals surface area contributed by atoms with Crippen LogP contribution >= 0.6 is 41.7 Å². The Bertz CT molecular complexity index is 1270. The van der Waals surface area contributed by atoms with E-state index in [1.807, 2.05) is 21.6 Å². The molecule has 4 rings (SSSR count). The molecule has 10 heteroatoms. The maximum absolute atomic E-state index is 15.1. The van der Waals surface area contributed by atoms with Gasteiger partial charge in [-0.25, -0.2) is 13.8 Å². The number of nitrogens with zero attached hydrogens (tertiary/aromatic N) is 3. The predicted molar refractivity (Wildman–Crippen MR) is 119 cm³/mol. The summed E-state index contributed by atoms with van der Waals surface area (Å²) >= 11 is 3.42. The Morgan fingerprint density at radius 1 is 1.28 bits per heavy atom. The van der Waals surface area contributed by atoms with Gasteiger partial charge < -0.3 is 10.5 Å². The highest BCUT2D eigenvalue weighted by molar-refractivity contribution is 14.2. The van der Waals surface area contributed by atoms with E-state index >= 15 is 4.39 Å². The van der Waals surface area contributed by atoms with E-state index in [4.69, 9.17) is 15.7 Å². The molecule has 0 aliphatic heterocycles. The molecule has 0 aliphatic rings. The predicted octanol–water partition coefficient (Wildman–Crippen LogP) is 6.06. The van der Waals surface area contributed by atoms with Crippen molar-refractivity contribution in [2.24, 2.45) is 0 Å². The molecule has 0 amide bonds. The van der Waals surface area contributed by atoms with Gasteiger partial charge in [0, 0.05) is 71.4 Å². The van der Waals surface area contributed by atoms with Gasteiger partial charge in [0.25, 0.3) is 0 Å². The van der Waals surface area contributed by atoms with E-state index in [9.17, 15) is 4.39 Å². The van der Waals surface area contributed by atoms with Gasteiger partial charge in [0.15, 0.2) is 16.7 Å². The van der Waals surface area contributed by atoms with Crippen molar-refractivity contribution in [3.63, 3.8) is 0 Å². The minimum absolute atomic E-state index is 0.00998. The summed E-state index contributed by atoms with van der Waals surface area (Å²) in [7, 11) is 1.42. The summed E-state index contributed by atoms with van der Waals surface area (Å²) in [6, 6.07) is 8.75. The Balaban J connectivity index is 1.86. The minimum atomic E-state index is -0.662. The summed E-state index contributed by atoms with van der Waals surface area (Å²) in [5.74, 6) is -1.05. The first-order valence-corrected chi connectivity index (χ1v) is 12.4. The van der Waals surface area contributed by atoms with Gasteiger partial charge >= 0.3 is 0 Å². The molecule has 0 saturated carbocycles. The summed E-state index contributed by atoms with van der Waals surface area (Å²) < 4.78 is 36.4. The zero-order valence-electron chi connectivity index (χ0n) is 14.5. The third-order valence-corrected chi connectivity index (χ3v) is 6.71. The molecule has 2 heterocycles. The van der Waals surface area contributed by atoms with Crippen LogP contribution in [0.4, 0.5) is 13.9 Å². The Morgan fingerprint density at radius 3 is 2.79 bits per heavy atom. The fraction of sp³-hybridized carbons (Fsp3) is 0.0526. The van der Waals surface area contributed by atoms with Crippen LogP contribution in [0.15, 0.2) is 41.9 Å². The zero-order chi connectivity index (χ0) is 20.5. The molecule has 0 aliphatic carbocycles. The van der Waals surface area contributed by atoms with Gasteiger partial charge in [0.05, 0.1) is 16.8 Å². The lowest BCUT2D eigenvalue weighted by atomic mass is 10.0. The Hall–Kier alpha value is -2.36. The molecule has 2 aromatic carbocycles. The van der Waals surface area contributed by atoms with E-state index in [0.29, 0.717) is 28.3 Å². The Kier molecular flexibility index (Phi) is 5.62. The third kappa shape index (κ3) is 3.90. The van der Waals surface area contributed by atoms with Crippen molar-refractivity contribution in [3.05, 3.63) is 70.4 Å². The summed E-state index contributed by atoms with van der Waals surface area (Å²) in [6.45, 7) is 0. The zero-order valence-corrected chi connectivity index (χ0v) is 18.3. The van der Waals surface area contributed by atoms with Crippen LogP contribution in [0.5, 0.6) is 11.5 Å². The minimum Gasteiger partial charge on any atom is -0.454 e. The largest absolute Gasteiger partial charge is 0.454 e. The number of thiazole rings is 1. The monoisotopic (exact) mass is 540 g/mol. The number of hydrogen-bond acceptors (Lipinski definition) is 6. The molecular formula is C19H11F2IN4OS2. The Morgan fingerprint density at radius 2 is 2.10 bits per heavy atom. The van der Waals surface area contributed by atoms with Crippen LogP contribution in [0.2, 0.25) is 0 Å². The molecule has 5 nitrogen and oxygen atoms in total. The van der Waals surface area contributed by atoms with E-state index in [0.717, 1.165) is 11.5 Å². The van der Waals surface area contributed by atoms with Crippen LogP contribution in [0, 0.1) is 23.0 Å². The van der Waals surface area contributed by atoms with Crippen LogP contribution in [0.25, 0.3) is 10.9 Å². The normalized spacial score (nSPS) is 11.0. The summed E-state index contributed by atoms with van der Waals surface area (Å²) in [4.78, 5) is 4.27. The molecule has 0 radical (unpaired) electrons. The number of ether oxygens (including phenoxy) is 1. The van der Waals surface area contributed by atoms with Gasteiger partial charge in [-0.15, -0.1) is 11.3 Å². The molecule has 0 bridgehead atoms. The van der Waals surface area contributed by atoms with Crippen molar-refractivity contribution in [1.29, 1.82) is 5.26 Å². The van der Waals surface area contributed by atoms with Gasteiger partial charge in [-0.05, 0) is 18.2 Å². The molecule has 0 saturated heterocycles. The summed E-state index contributed by atoms with van der Waals surface area (Å²) in [5.41, 5.74) is 7.54. The highest BCUT2D eigenvalue weighted by Gasteiger charge is 2.20. The van der Waals surface area contributed by atoms with E-state index in [1.165, 1.54) is 38.7 Å². The maximum Gasteiger partial charge on any atom is 0.180 e. The molecule has 146 valence electrons. The van der Waals surface area contributed by atoms with Crippen LogP contribution in [0.3, 0.4) is 0 Å². The molecular weight excluding hydrogens is 529 g/mol. The molecule has 0 unspecified atom stereocenters. The number of fused-ring (bicyclic) bond motifs is 1. The molecule has 29 heavy (non-hydrogen) atoms. The van der Waals surface area contributed by atoms with Crippen molar-refractivity contribution < 1.29 is 13.5 Å². The molecule has 4 aromatic rings. The van der Waals surface area contributed by atoms with Gasteiger partial charge in [0.2, 0.25) is 0 Å². The van der Waals surface area contributed by atoms with Crippen LogP contribution in [-0.2, 0) is 6.42 Å². The SMILES string of the molecule is N#Cc1cc(Oc2c(F)cc3c(ccn3SI)c2Cc2csc(N)n2)ccc1F. The van der Waals surface area contributed by atoms with Gasteiger partial charge in [-0.3, -0.25) is 3.97 Å². The number of benzene rings is 2. The van der Waals surface area contributed by atoms with Crippen molar-refractivity contribution in [2.75, 3.05) is 5.73 Å². The lowest BCUT2D eigenvalue weighted by molar-refractivity contribution is 0.437. The molecule has 2 aromatic heterocycles. The third-order valence-electron chi connectivity index (χ3n) is 4.25. The van der Waals surface area contributed by atoms with E-state index < -0.39 is 11.6 Å². The van der Waals surface area contributed by atoms with Crippen molar-refractivity contribution in [2.45, 2.75) is 6.42 Å². The number of nitrogens with two attached hydrogens (primary N) is 1. The van der Waals surface area contributed by atoms with Gasteiger partial charge in [0.1, 0.15) is 17.6 Å². The standard InChI is InChI=1S/C19H11F2IN4OS2/c20-15-2-1-12(5-10(15)8-23)27-18-14(6-11-9-28-19(24)25-11)13-3-4-26(29-22)17(13)7-16(18)21/h1-5,7,9H,6H2,(H2,24,25). The topological polar surface area (TPSA) is 76.9 Å². The average molecular weight is 540 g/mol. The lowest BCUT2D eigenvalue weighted by Crippen LogP contribution is -2.00. The number of nitriles is 1. The number of halogens is 3. The fourth-order valence-electron chi connectivity index (χ4n) is 2.98. The van der Waals surface area contributed by atoms with E-state index in [-0.39, 0.29) is 17.1 Å². The number of nitrogen functional groups attached to an aromatic ring is 1. The van der Waals surface area contributed by atoms with Gasteiger partial charge in [-0.1, -0.05) is 0 Å².